The van der Waals surface area contributed by atoms with Crippen LogP contribution < -0.4 is 5.32 Å². The third-order valence-electron chi connectivity index (χ3n) is 5.12. The molecule has 1 N–H and O–H groups in total. The number of piperazine rings is 1. The third kappa shape index (κ3) is 4.69. The Kier molecular flexibility index (Phi) is 6.24. The third-order valence-corrected chi connectivity index (χ3v) is 5.87. The molecule has 0 radical (unpaired) electrons. The first-order valence-corrected chi connectivity index (χ1v) is 10.4. The average Bonchev–Trinajstić information content (AvgIpc) is 2.68. The average molecular weight is 362 g/mol. The zero-order valence-electron chi connectivity index (χ0n) is 14.9. The van der Waals surface area contributed by atoms with E-state index in [1.54, 1.807) is 11.8 Å². The molecule has 1 aliphatic carbocycles. The van der Waals surface area contributed by atoms with Crippen molar-refractivity contribution in [1.82, 2.24) is 15.1 Å². The summed E-state index contributed by atoms with van der Waals surface area (Å²) in [5.41, 5.74) is 0.720. The summed E-state index contributed by atoms with van der Waals surface area (Å²) in [7, 11) is 0. The second-order valence-electron chi connectivity index (χ2n) is 6.79. The van der Waals surface area contributed by atoms with E-state index >= 15 is 0 Å². The van der Waals surface area contributed by atoms with E-state index < -0.39 is 0 Å². The Bertz CT molecular complexity index is 591. The number of thioether (sulfide) groups is 1. The number of rotatable bonds is 3. The summed E-state index contributed by atoms with van der Waals surface area (Å²) >= 11 is 1.67. The molecule has 1 aliphatic heterocycles. The molecular formula is C19H27N3O2S. The van der Waals surface area contributed by atoms with Gasteiger partial charge in [0.2, 0.25) is 0 Å². The summed E-state index contributed by atoms with van der Waals surface area (Å²) in [5.74, 6) is 0.0555. The lowest BCUT2D eigenvalue weighted by Crippen LogP contribution is -2.54. The normalized spacial score (nSPS) is 18.9. The highest BCUT2D eigenvalue weighted by molar-refractivity contribution is 7.98. The van der Waals surface area contributed by atoms with Crippen molar-refractivity contribution in [2.75, 3.05) is 32.4 Å². The number of amides is 3. The summed E-state index contributed by atoms with van der Waals surface area (Å²) in [6.07, 6.45) is 7.91. The van der Waals surface area contributed by atoms with Gasteiger partial charge in [0.05, 0.1) is 0 Å². The van der Waals surface area contributed by atoms with Gasteiger partial charge in [-0.05, 0) is 43.4 Å². The quantitative estimate of drug-likeness (QED) is 0.841. The SMILES string of the molecule is CSc1ccc(C(=O)N2CCN(C(=O)NC3CCCCC3)CC2)cc1. The van der Waals surface area contributed by atoms with Crippen LogP contribution in [0, 0.1) is 0 Å². The van der Waals surface area contributed by atoms with Crippen molar-refractivity contribution in [2.45, 2.75) is 43.0 Å². The molecule has 1 saturated heterocycles. The van der Waals surface area contributed by atoms with Crippen molar-refractivity contribution in [3.63, 3.8) is 0 Å². The van der Waals surface area contributed by atoms with Gasteiger partial charge < -0.3 is 15.1 Å². The van der Waals surface area contributed by atoms with E-state index in [1.807, 2.05) is 40.3 Å². The molecule has 3 rings (SSSR count). The van der Waals surface area contributed by atoms with Gasteiger partial charge in [-0.15, -0.1) is 11.8 Å². The second kappa shape index (κ2) is 8.61. The van der Waals surface area contributed by atoms with E-state index in [4.69, 9.17) is 0 Å². The molecule has 2 fully saturated rings. The van der Waals surface area contributed by atoms with Gasteiger partial charge in [0.25, 0.3) is 5.91 Å². The van der Waals surface area contributed by atoms with Gasteiger partial charge in [-0.25, -0.2) is 4.79 Å². The van der Waals surface area contributed by atoms with Crippen LogP contribution in [-0.4, -0.2) is 60.2 Å². The molecule has 0 bridgehead atoms. The van der Waals surface area contributed by atoms with Crippen molar-refractivity contribution in [2.24, 2.45) is 0 Å². The Labute approximate surface area is 154 Å². The van der Waals surface area contributed by atoms with Gasteiger partial charge in [-0.1, -0.05) is 19.3 Å². The molecule has 0 aromatic heterocycles. The fraction of sp³-hybridized carbons (Fsp3) is 0.579. The highest BCUT2D eigenvalue weighted by Crippen LogP contribution is 2.18. The van der Waals surface area contributed by atoms with Crippen LogP contribution in [0.25, 0.3) is 0 Å². The molecule has 6 heteroatoms. The summed E-state index contributed by atoms with van der Waals surface area (Å²) in [4.78, 5) is 29.8. The lowest BCUT2D eigenvalue weighted by molar-refractivity contribution is 0.0662. The van der Waals surface area contributed by atoms with Crippen molar-refractivity contribution >= 4 is 23.7 Å². The Balaban J connectivity index is 1.48. The van der Waals surface area contributed by atoms with Crippen molar-refractivity contribution < 1.29 is 9.59 Å². The topological polar surface area (TPSA) is 52.7 Å². The molecule has 1 saturated carbocycles. The standard InChI is InChI=1S/C19H27N3O2S/c1-25-17-9-7-15(8-10-17)18(23)21-11-13-22(14-12-21)19(24)20-16-5-3-2-4-6-16/h7-10,16H,2-6,11-14H2,1H3,(H,20,24). The van der Waals surface area contributed by atoms with Crippen LogP contribution in [0.3, 0.4) is 0 Å². The molecular weight excluding hydrogens is 334 g/mol. The highest BCUT2D eigenvalue weighted by atomic mass is 32.2. The van der Waals surface area contributed by atoms with Crippen molar-refractivity contribution in [3.05, 3.63) is 29.8 Å². The molecule has 2 aliphatic rings. The van der Waals surface area contributed by atoms with E-state index in [0.29, 0.717) is 32.2 Å². The first kappa shape index (κ1) is 18.1. The number of nitrogens with one attached hydrogen (secondary N) is 1. The molecule has 3 amide bonds. The van der Waals surface area contributed by atoms with E-state index in [0.717, 1.165) is 23.3 Å². The first-order chi connectivity index (χ1) is 12.2. The summed E-state index contributed by atoms with van der Waals surface area (Å²) in [6.45, 7) is 2.41. The van der Waals surface area contributed by atoms with Gasteiger partial charge in [0.1, 0.15) is 0 Å². The summed E-state index contributed by atoms with van der Waals surface area (Å²) in [6, 6.07) is 8.09. The van der Waals surface area contributed by atoms with Crippen LogP contribution in [0.5, 0.6) is 0 Å². The predicted molar refractivity (Wildman–Crippen MR) is 101 cm³/mol. The Morgan fingerprint density at radius 3 is 2.16 bits per heavy atom. The molecule has 136 valence electrons. The number of nitrogens with zero attached hydrogens (tertiary/aromatic N) is 2. The van der Waals surface area contributed by atoms with E-state index in [-0.39, 0.29) is 11.9 Å². The van der Waals surface area contributed by atoms with E-state index in [1.165, 1.54) is 19.3 Å². The Morgan fingerprint density at radius 1 is 0.960 bits per heavy atom. The minimum atomic E-state index is 0.0309. The summed E-state index contributed by atoms with van der Waals surface area (Å²) < 4.78 is 0. The Morgan fingerprint density at radius 2 is 1.56 bits per heavy atom. The zero-order valence-corrected chi connectivity index (χ0v) is 15.7. The minimum absolute atomic E-state index is 0.0309. The van der Waals surface area contributed by atoms with Crippen LogP contribution in [0.4, 0.5) is 4.79 Å². The largest absolute Gasteiger partial charge is 0.335 e. The molecule has 25 heavy (non-hydrogen) atoms. The Hall–Kier alpha value is -1.69. The first-order valence-electron chi connectivity index (χ1n) is 9.16. The molecule has 1 heterocycles. The highest BCUT2D eigenvalue weighted by Gasteiger charge is 2.26. The molecule has 0 unspecified atom stereocenters. The van der Waals surface area contributed by atoms with Gasteiger partial charge in [-0.2, -0.15) is 0 Å². The smallest absolute Gasteiger partial charge is 0.317 e. The number of carbonyl (C=O) groups excluding carboxylic acids is 2. The van der Waals surface area contributed by atoms with Crippen LogP contribution in [-0.2, 0) is 0 Å². The maximum Gasteiger partial charge on any atom is 0.317 e. The number of hydrogen-bond acceptors (Lipinski definition) is 3. The number of urea groups is 1. The van der Waals surface area contributed by atoms with Gasteiger partial charge in [-0.3, -0.25) is 4.79 Å². The summed E-state index contributed by atoms with van der Waals surface area (Å²) in [5, 5.41) is 3.16. The lowest BCUT2D eigenvalue weighted by atomic mass is 9.96. The minimum Gasteiger partial charge on any atom is -0.335 e. The van der Waals surface area contributed by atoms with Crippen LogP contribution >= 0.6 is 11.8 Å². The molecule has 1 aromatic rings. The number of carbonyl (C=O) groups is 2. The number of hydrogen-bond donors (Lipinski definition) is 1. The van der Waals surface area contributed by atoms with Crippen LogP contribution in [0.15, 0.2) is 29.2 Å². The molecule has 0 spiro atoms. The fourth-order valence-corrected chi connectivity index (χ4v) is 3.95. The predicted octanol–water partition coefficient (Wildman–Crippen LogP) is 3.21. The lowest BCUT2D eigenvalue weighted by Gasteiger charge is -2.36. The zero-order chi connectivity index (χ0) is 17.6. The molecule has 0 atom stereocenters. The van der Waals surface area contributed by atoms with E-state index in [2.05, 4.69) is 5.32 Å². The fourth-order valence-electron chi connectivity index (χ4n) is 3.54. The van der Waals surface area contributed by atoms with Gasteiger partial charge >= 0.3 is 6.03 Å². The number of benzene rings is 1. The molecule has 5 nitrogen and oxygen atoms in total. The van der Waals surface area contributed by atoms with Gasteiger partial charge in [0.15, 0.2) is 0 Å². The van der Waals surface area contributed by atoms with Crippen molar-refractivity contribution in [3.8, 4) is 0 Å². The van der Waals surface area contributed by atoms with Crippen LogP contribution in [0.2, 0.25) is 0 Å². The van der Waals surface area contributed by atoms with Crippen LogP contribution in [0.1, 0.15) is 42.5 Å². The molecule has 1 aromatic carbocycles. The van der Waals surface area contributed by atoms with Gasteiger partial charge in [0, 0.05) is 42.7 Å². The maximum absolute atomic E-state index is 12.6. The van der Waals surface area contributed by atoms with Crippen molar-refractivity contribution in [1.29, 1.82) is 0 Å². The van der Waals surface area contributed by atoms with E-state index in [9.17, 15) is 9.59 Å². The second-order valence-corrected chi connectivity index (χ2v) is 7.67. The monoisotopic (exact) mass is 361 g/mol. The maximum atomic E-state index is 12.6.